The number of nitrogens with zero attached hydrogens (tertiary/aromatic N) is 1. The van der Waals surface area contributed by atoms with Gasteiger partial charge in [-0.3, -0.25) is 4.90 Å². The van der Waals surface area contributed by atoms with Crippen LogP contribution >= 0.6 is 0 Å². The number of benzene rings is 2. The molecule has 3 rings (SSSR count). The Morgan fingerprint density at radius 2 is 1.88 bits per heavy atom. The quantitative estimate of drug-likeness (QED) is 0.779. The van der Waals surface area contributed by atoms with E-state index in [1.165, 1.54) is 16.7 Å². The first-order valence-corrected chi connectivity index (χ1v) is 8.50. The Morgan fingerprint density at radius 1 is 1.12 bits per heavy atom. The van der Waals surface area contributed by atoms with Crippen LogP contribution in [0.25, 0.3) is 0 Å². The summed E-state index contributed by atoms with van der Waals surface area (Å²) in [6, 6.07) is 14.8. The number of ether oxygens (including phenoxy) is 1. The monoisotopic (exact) mass is 319 g/mol. The van der Waals surface area contributed by atoms with Crippen molar-refractivity contribution in [3.05, 3.63) is 64.7 Å². The predicted molar refractivity (Wildman–Crippen MR) is 99.1 cm³/mol. The van der Waals surface area contributed by atoms with Crippen LogP contribution in [0.1, 0.15) is 43.0 Å². The highest BCUT2D eigenvalue weighted by Gasteiger charge is 2.20. The second-order valence-electron chi connectivity index (χ2n) is 7.49. The summed E-state index contributed by atoms with van der Waals surface area (Å²) in [6.07, 6.45) is 6.41. The largest absolute Gasteiger partial charge is 0.478 e. The fraction of sp³-hybridized carbons (Fsp3) is 0.364. The number of rotatable bonds is 3. The Morgan fingerprint density at radius 3 is 2.54 bits per heavy atom. The van der Waals surface area contributed by atoms with E-state index in [1.54, 1.807) is 0 Å². The normalized spacial score (nSPS) is 14.6. The van der Waals surface area contributed by atoms with Crippen LogP contribution in [0.15, 0.2) is 42.5 Å². The second kappa shape index (κ2) is 6.71. The zero-order valence-electron chi connectivity index (χ0n) is 14.8. The Balaban J connectivity index is 1.65. The molecule has 0 aromatic heterocycles. The van der Waals surface area contributed by atoms with Gasteiger partial charge in [-0.05, 0) is 41.2 Å². The van der Waals surface area contributed by atoms with Crippen molar-refractivity contribution in [3.8, 4) is 18.1 Å². The van der Waals surface area contributed by atoms with Gasteiger partial charge in [0, 0.05) is 24.2 Å². The van der Waals surface area contributed by atoms with Crippen molar-refractivity contribution in [1.29, 1.82) is 0 Å². The lowest BCUT2D eigenvalue weighted by Gasteiger charge is -2.30. The molecule has 0 fully saturated rings. The molecule has 0 amide bonds. The van der Waals surface area contributed by atoms with Crippen LogP contribution in [0.3, 0.4) is 0 Å². The van der Waals surface area contributed by atoms with Crippen molar-refractivity contribution in [2.75, 3.05) is 13.3 Å². The topological polar surface area (TPSA) is 12.5 Å². The summed E-state index contributed by atoms with van der Waals surface area (Å²) in [6.45, 7) is 9.32. The molecule has 2 heteroatoms. The summed E-state index contributed by atoms with van der Waals surface area (Å²) in [4.78, 5) is 2.35. The highest BCUT2D eigenvalue weighted by Crippen LogP contribution is 2.31. The molecule has 0 unspecified atom stereocenters. The Kier molecular flexibility index (Phi) is 4.64. The molecule has 1 heterocycles. The van der Waals surface area contributed by atoms with E-state index < -0.39 is 0 Å². The zero-order valence-corrected chi connectivity index (χ0v) is 14.8. The minimum atomic E-state index is 0.163. The standard InChI is InChI=1S/C22H25NO/c1-5-17-6-8-18(9-7-17)12-13-23-15-19-14-20(22(2,3)4)10-11-21(19)24-16-23/h1,6-11,14H,12-13,15-16H2,2-4H3. The van der Waals surface area contributed by atoms with E-state index in [1.807, 2.05) is 12.1 Å². The van der Waals surface area contributed by atoms with Crippen molar-refractivity contribution in [2.45, 2.75) is 39.2 Å². The van der Waals surface area contributed by atoms with Gasteiger partial charge in [-0.25, -0.2) is 0 Å². The van der Waals surface area contributed by atoms with E-state index >= 15 is 0 Å². The van der Waals surface area contributed by atoms with E-state index in [4.69, 9.17) is 11.2 Å². The maximum Gasteiger partial charge on any atom is 0.142 e. The fourth-order valence-electron chi connectivity index (χ4n) is 2.96. The molecular weight excluding hydrogens is 294 g/mol. The lowest BCUT2D eigenvalue weighted by Crippen LogP contribution is -2.33. The van der Waals surface area contributed by atoms with Gasteiger partial charge >= 0.3 is 0 Å². The molecule has 2 nitrogen and oxygen atoms in total. The number of terminal acetylenes is 1. The van der Waals surface area contributed by atoms with Gasteiger partial charge < -0.3 is 4.74 Å². The lowest BCUT2D eigenvalue weighted by molar-refractivity contribution is 0.0964. The van der Waals surface area contributed by atoms with E-state index in [0.29, 0.717) is 6.73 Å². The Hall–Kier alpha value is -2.24. The van der Waals surface area contributed by atoms with Crippen molar-refractivity contribution < 1.29 is 4.74 Å². The Bertz CT molecular complexity index is 747. The van der Waals surface area contributed by atoms with Gasteiger partial charge in [0.2, 0.25) is 0 Å². The molecule has 0 saturated heterocycles. The number of fused-ring (bicyclic) bond motifs is 1. The third-order valence-electron chi connectivity index (χ3n) is 4.56. The molecule has 0 N–H and O–H groups in total. The van der Waals surface area contributed by atoms with Crippen molar-refractivity contribution in [1.82, 2.24) is 4.90 Å². The van der Waals surface area contributed by atoms with Crippen LogP contribution in [0, 0.1) is 12.3 Å². The minimum Gasteiger partial charge on any atom is -0.478 e. The highest BCUT2D eigenvalue weighted by molar-refractivity contribution is 5.40. The molecule has 1 aliphatic rings. The summed E-state index contributed by atoms with van der Waals surface area (Å²) in [5.74, 6) is 3.68. The molecule has 2 aromatic rings. The van der Waals surface area contributed by atoms with Gasteiger partial charge in [-0.1, -0.05) is 51.0 Å². The van der Waals surface area contributed by atoms with Crippen LogP contribution in [0.4, 0.5) is 0 Å². The first-order chi connectivity index (χ1) is 11.5. The van der Waals surface area contributed by atoms with Gasteiger partial charge in [0.15, 0.2) is 0 Å². The average Bonchev–Trinajstić information content (AvgIpc) is 2.59. The molecule has 0 aliphatic carbocycles. The van der Waals surface area contributed by atoms with Gasteiger partial charge in [0.05, 0.1) is 0 Å². The molecule has 0 radical (unpaired) electrons. The molecule has 24 heavy (non-hydrogen) atoms. The summed E-state index contributed by atoms with van der Waals surface area (Å²) in [7, 11) is 0. The van der Waals surface area contributed by atoms with Gasteiger partial charge in [-0.2, -0.15) is 0 Å². The van der Waals surface area contributed by atoms with Crippen LogP contribution in [0.5, 0.6) is 5.75 Å². The zero-order chi connectivity index (χ0) is 17.2. The van der Waals surface area contributed by atoms with E-state index in [0.717, 1.165) is 30.8 Å². The smallest absolute Gasteiger partial charge is 0.142 e. The molecule has 0 bridgehead atoms. The third-order valence-corrected chi connectivity index (χ3v) is 4.56. The molecule has 0 spiro atoms. The molecular formula is C22H25NO. The Labute approximate surface area is 145 Å². The van der Waals surface area contributed by atoms with Crippen molar-refractivity contribution >= 4 is 0 Å². The summed E-state index contributed by atoms with van der Waals surface area (Å²) >= 11 is 0. The average molecular weight is 319 g/mol. The summed E-state index contributed by atoms with van der Waals surface area (Å²) < 4.78 is 5.93. The number of hydrogen-bond acceptors (Lipinski definition) is 2. The van der Waals surface area contributed by atoms with Gasteiger partial charge in [0.25, 0.3) is 0 Å². The van der Waals surface area contributed by atoms with E-state index in [-0.39, 0.29) is 5.41 Å². The number of hydrogen-bond donors (Lipinski definition) is 0. The van der Waals surface area contributed by atoms with Gasteiger partial charge in [-0.15, -0.1) is 6.42 Å². The van der Waals surface area contributed by atoms with Crippen molar-refractivity contribution in [3.63, 3.8) is 0 Å². The first-order valence-electron chi connectivity index (χ1n) is 8.50. The van der Waals surface area contributed by atoms with Crippen molar-refractivity contribution in [2.24, 2.45) is 0 Å². The molecule has 2 aromatic carbocycles. The predicted octanol–water partition coefficient (Wildman–Crippen LogP) is 4.36. The van der Waals surface area contributed by atoms with E-state index in [9.17, 15) is 0 Å². The van der Waals surface area contributed by atoms with E-state index in [2.05, 4.69) is 61.9 Å². The van der Waals surface area contributed by atoms with Crippen LogP contribution < -0.4 is 4.74 Å². The van der Waals surface area contributed by atoms with Crippen LogP contribution in [-0.2, 0) is 18.4 Å². The van der Waals surface area contributed by atoms with Gasteiger partial charge in [0.1, 0.15) is 12.5 Å². The summed E-state index contributed by atoms with van der Waals surface area (Å²) in [5.41, 5.74) is 5.05. The third kappa shape index (κ3) is 3.80. The molecule has 1 aliphatic heterocycles. The molecule has 124 valence electrons. The SMILES string of the molecule is C#Cc1ccc(CCN2COc3ccc(C(C)(C)C)cc3C2)cc1. The maximum absolute atomic E-state index is 5.93. The summed E-state index contributed by atoms with van der Waals surface area (Å²) in [5, 5.41) is 0. The molecule has 0 saturated carbocycles. The first kappa shape index (κ1) is 16.6. The molecule has 0 atom stereocenters. The fourth-order valence-corrected chi connectivity index (χ4v) is 2.96. The van der Waals surface area contributed by atoms with Crippen LogP contribution in [0.2, 0.25) is 0 Å². The lowest BCUT2D eigenvalue weighted by atomic mass is 9.86. The maximum atomic E-state index is 5.93. The van der Waals surface area contributed by atoms with Crippen LogP contribution in [-0.4, -0.2) is 18.2 Å². The highest BCUT2D eigenvalue weighted by atomic mass is 16.5. The second-order valence-corrected chi connectivity index (χ2v) is 7.49. The minimum absolute atomic E-state index is 0.163.